The number of rotatable bonds is 6. The van der Waals surface area contributed by atoms with Gasteiger partial charge in [0.1, 0.15) is 17.1 Å². The fourth-order valence-corrected chi connectivity index (χ4v) is 2.47. The summed E-state index contributed by atoms with van der Waals surface area (Å²) < 4.78 is 10.3. The van der Waals surface area contributed by atoms with Gasteiger partial charge in [0.2, 0.25) is 0 Å². The van der Waals surface area contributed by atoms with Gasteiger partial charge in [-0.3, -0.25) is 9.69 Å². The van der Waals surface area contributed by atoms with Gasteiger partial charge in [-0.2, -0.15) is 0 Å². The second-order valence-corrected chi connectivity index (χ2v) is 5.62. The van der Waals surface area contributed by atoms with E-state index in [2.05, 4.69) is 10.2 Å². The molecule has 2 rings (SSSR count). The fourth-order valence-electron chi connectivity index (χ4n) is 2.47. The highest BCUT2D eigenvalue weighted by Crippen LogP contribution is 2.18. The lowest BCUT2D eigenvalue weighted by atomic mass is 10.1. The van der Waals surface area contributed by atoms with Crippen LogP contribution in [0, 0.1) is 6.92 Å². The molecule has 0 atom stereocenters. The number of nitrogens with zero attached hydrogens (tertiary/aromatic N) is 1. The zero-order chi connectivity index (χ0) is 17.7. The minimum Gasteiger partial charge on any atom is -0.465 e. The number of ether oxygens (including phenoxy) is 1. The maximum Gasteiger partial charge on any atom is 0.341 e. The lowest BCUT2D eigenvalue weighted by molar-refractivity contribution is 0.0598. The number of hydrogen-bond donors (Lipinski definition) is 1. The van der Waals surface area contributed by atoms with Crippen LogP contribution in [0.2, 0.25) is 0 Å². The molecule has 0 aliphatic rings. The summed E-state index contributed by atoms with van der Waals surface area (Å²) in [5.74, 6) is 0.767. The molecule has 0 bridgehead atoms. The molecule has 0 saturated heterocycles. The molecule has 0 spiro atoms. The number of nitrogens with one attached hydrogen (secondary N) is 1. The Balaban J connectivity index is 1.99. The van der Waals surface area contributed by atoms with Crippen molar-refractivity contribution in [3.8, 4) is 0 Å². The second-order valence-electron chi connectivity index (χ2n) is 5.62. The van der Waals surface area contributed by atoms with Crippen LogP contribution in [0.5, 0.6) is 0 Å². The highest BCUT2D eigenvalue weighted by Gasteiger charge is 2.16. The number of benzene rings is 1. The fraction of sp³-hybridized carbons (Fsp3) is 0.333. The number of aryl methyl sites for hydroxylation is 1. The van der Waals surface area contributed by atoms with Crippen LogP contribution in [0.4, 0.5) is 0 Å². The predicted molar refractivity (Wildman–Crippen MR) is 89.8 cm³/mol. The maximum absolute atomic E-state index is 11.6. The summed E-state index contributed by atoms with van der Waals surface area (Å²) in [4.78, 5) is 25.2. The molecule has 0 aliphatic carbocycles. The number of carbonyl (C=O) groups excluding carboxylic acids is 2. The van der Waals surface area contributed by atoms with Crippen molar-refractivity contribution in [3.63, 3.8) is 0 Å². The molecule has 0 unspecified atom stereocenters. The molecule has 0 radical (unpaired) electrons. The Labute approximate surface area is 141 Å². The van der Waals surface area contributed by atoms with Crippen molar-refractivity contribution >= 4 is 11.9 Å². The first-order valence-corrected chi connectivity index (χ1v) is 7.61. The normalized spacial score (nSPS) is 10.7. The molecule has 0 saturated carbocycles. The number of carbonyl (C=O) groups is 2. The van der Waals surface area contributed by atoms with Crippen LogP contribution in [0.15, 0.2) is 34.7 Å². The van der Waals surface area contributed by atoms with E-state index in [9.17, 15) is 9.59 Å². The number of methoxy groups -OCH3 is 1. The SMILES string of the molecule is CNC(=O)c1ccc(CN(C)Cc2cc(C(=O)OC)c(C)o2)cc1. The van der Waals surface area contributed by atoms with E-state index in [1.807, 2.05) is 19.2 Å². The van der Waals surface area contributed by atoms with Gasteiger partial charge in [0, 0.05) is 19.2 Å². The number of amides is 1. The Morgan fingerprint density at radius 1 is 1.21 bits per heavy atom. The van der Waals surface area contributed by atoms with Crippen LogP contribution in [-0.4, -0.2) is 38.0 Å². The van der Waals surface area contributed by atoms with E-state index in [1.54, 1.807) is 32.2 Å². The summed E-state index contributed by atoms with van der Waals surface area (Å²) in [6, 6.07) is 9.16. The Morgan fingerprint density at radius 3 is 2.46 bits per heavy atom. The van der Waals surface area contributed by atoms with Crippen LogP contribution >= 0.6 is 0 Å². The molecule has 6 nitrogen and oxygen atoms in total. The third-order valence-corrected chi connectivity index (χ3v) is 3.70. The van der Waals surface area contributed by atoms with Crippen LogP contribution < -0.4 is 5.32 Å². The van der Waals surface area contributed by atoms with Gasteiger partial charge in [0.15, 0.2) is 0 Å². The number of furan rings is 1. The van der Waals surface area contributed by atoms with Crippen molar-refractivity contribution in [2.24, 2.45) is 0 Å². The molecule has 2 aromatic rings. The standard InChI is InChI=1S/C18H22N2O4/c1-12-16(18(22)23-4)9-15(24-12)11-20(3)10-13-5-7-14(8-6-13)17(21)19-2/h5-9H,10-11H2,1-4H3,(H,19,21). The summed E-state index contributed by atoms with van der Waals surface area (Å²) in [5, 5.41) is 2.60. The molecule has 24 heavy (non-hydrogen) atoms. The first-order chi connectivity index (χ1) is 11.4. The first-order valence-electron chi connectivity index (χ1n) is 7.61. The highest BCUT2D eigenvalue weighted by atomic mass is 16.5. The summed E-state index contributed by atoms with van der Waals surface area (Å²) >= 11 is 0. The minimum absolute atomic E-state index is 0.101. The first kappa shape index (κ1) is 17.7. The molecular weight excluding hydrogens is 308 g/mol. The van der Waals surface area contributed by atoms with E-state index in [4.69, 9.17) is 9.15 Å². The lowest BCUT2D eigenvalue weighted by Crippen LogP contribution is -2.19. The Kier molecular flexibility index (Phi) is 5.76. The van der Waals surface area contributed by atoms with Crippen LogP contribution in [0.3, 0.4) is 0 Å². The van der Waals surface area contributed by atoms with Gasteiger partial charge >= 0.3 is 5.97 Å². The van der Waals surface area contributed by atoms with Crippen LogP contribution in [-0.2, 0) is 17.8 Å². The zero-order valence-electron chi connectivity index (χ0n) is 14.4. The molecular formula is C18H22N2O4. The summed E-state index contributed by atoms with van der Waals surface area (Å²) in [5.41, 5.74) is 2.17. The molecule has 1 N–H and O–H groups in total. The van der Waals surface area contributed by atoms with Crippen molar-refractivity contribution in [2.45, 2.75) is 20.0 Å². The third-order valence-electron chi connectivity index (χ3n) is 3.70. The largest absolute Gasteiger partial charge is 0.465 e. The van der Waals surface area contributed by atoms with Gasteiger partial charge in [-0.15, -0.1) is 0 Å². The van der Waals surface area contributed by atoms with Crippen molar-refractivity contribution in [1.82, 2.24) is 10.2 Å². The van der Waals surface area contributed by atoms with Gasteiger partial charge in [0.25, 0.3) is 5.91 Å². The molecule has 1 aromatic carbocycles. The van der Waals surface area contributed by atoms with Crippen molar-refractivity contribution in [3.05, 3.63) is 58.5 Å². The molecule has 1 amide bonds. The predicted octanol–water partition coefficient (Wildman–Crippen LogP) is 2.37. The van der Waals surface area contributed by atoms with Gasteiger partial charge in [-0.25, -0.2) is 4.79 Å². The van der Waals surface area contributed by atoms with Crippen LogP contribution in [0.25, 0.3) is 0 Å². The van der Waals surface area contributed by atoms with Gasteiger partial charge in [-0.05, 0) is 37.7 Å². The molecule has 0 aliphatic heterocycles. The average molecular weight is 330 g/mol. The third kappa shape index (κ3) is 4.23. The Morgan fingerprint density at radius 2 is 1.88 bits per heavy atom. The quantitative estimate of drug-likeness (QED) is 0.823. The maximum atomic E-state index is 11.6. The molecule has 0 fully saturated rings. The van der Waals surface area contributed by atoms with E-state index in [0.717, 1.165) is 5.56 Å². The summed E-state index contributed by atoms with van der Waals surface area (Å²) in [7, 11) is 4.92. The minimum atomic E-state index is -0.394. The van der Waals surface area contributed by atoms with Gasteiger partial charge in [0.05, 0.1) is 13.7 Å². The van der Waals surface area contributed by atoms with E-state index >= 15 is 0 Å². The lowest BCUT2D eigenvalue weighted by Gasteiger charge is -2.15. The van der Waals surface area contributed by atoms with E-state index in [0.29, 0.717) is 35.7 Å². The second kappa shape index (κ2) is 7.79. The van der Waals surface area contributed by atoms with Gasteiger partial charge < -0.3 is 14.5 Å². The van der Waals surface area contributed by atoms with Crippen LogP contribution in [0.1, 0.15) is 37.8 Å². The number of esters is 1. The monoisotopic (exact) mass is 330 g/mol. The molecule has 1 heterocycles. The Hall–Kier alpha value is -2.60. The number of hydrogen-bond acceptors (Lipinski definition) is 5. The van der Waals surface area contributed by atoms with E-state index < -0.39 is 5.97 Å². The zero-order valence-corrected chi connectivity index (χ0v) is 14.4. The van der Waals surface area contributed by atoms with Crippen molar-refractivity contribution in [1.29, 1.82) is 0 Å². The topological polar surface area (TPSA) is 71.8 Å². The Bertz CT molecular complexity index is 719. The van der Waals surface area contributed by atoms with E-state index in [-0.39, 0.29) is 5.91 Å². The summed E-state index contributed by atoms with van der Waals surface area (Å²) in [6.45, 7) is 3.00. The van der Waals surface area contributed by atoms with Crippen molar-refractivity contribution < 1.29 is 18.7 Å². The smallest absolute Gasteiger partial charge is 0.341 e. The summed E-state index contributed by atoms with van der Waals surface area (Å²) in [6.07, 6.45) is 0. The molecule has 1 aromatic heterocycles. The highest BCUT2D eigenvalue weighted by molar-refractivity contribution is 5.94. The molecule has 6 heteroatoms. The average Bonchev–Trinajstić information content (AvgIpc) is 2.94. The molecule has 128 valence electrons. The van der Waals surface area contributed by atoms with E-state index in [1.165, 1.54) is 7.11 Å². The van der Waals surface area contributed by atoms with Gasteiger partial charge in [-0.1, -0.05) is 12.1 Å². The van der Waals surface area contributed by atoms with Crippen molar-refractivity contribution in [2.75, 3.05) is 21.2 Å².